The fraction of sp³-hybridized carbons (Fsp3) is 0.167. The molecular formula is C12H10BrNO3. The van der Waals surface area contributed by atoms with Gasteiger partial charge in [-0.05, 0) is 34.5 Å². The molecule has 17 heavy (non-hydrogen) atoms. The minimum atomic E-state index is -0.558. The van der Waals surface area contributed by atoms with E-state index in [2.05, 4.69) is 25.7 Å². The summed E-state index contributed by atoms with van der Waals surface area (Å²) in [6.45, 7) is 1.91. The van der Waals surface area contributed by atoms with E-state index in [9.17, 15) is 9.59 Å². The normalized spacial score (nSPS) is 10.5. The van der Waals surface area contributed by atoms with Gasteiger partial charge in [0.2, 0.25) is 0 Å². The standard InChI is InChI=1S/C12H10BrNO3/c1-6-3-4-7-9(15)5-8(12(16)17-2)14-11(7)10(6)13/h3-5H,1-2H3,(H,14,15). The van der Waals surface area contributed by atoms with Gasteiger partial charge in [-0.2, -0.15) is 0 Å². The number of carbonyl (C=O) groups is 1. The van der Waals surface area contributed by atoms with Gasteiger partial charge in [0.05, 0.1) is 12.6 Å². The van der Waals surface area contributed by atoms with Crippen molar-refractivity contribution >= 4 is 32.8 Å². The second kappa shape index (κ2) is 4.33. The Kier molecular flexibility index (Phi) is 3.02. The molecule has 1 N–H and O–H groups in total. The van der Waals surface area contributed by atoms with Gasteiger partial charge in [-0.3, -0.25) is 4.79 Å². The molecule has 5 heteroatoms. The smallest absolute Gasteiger partial charge is 0.354 e. The minimum absolute atomic E-state index is 0.149. The molecule has 88 valence electrons. The first-order valence-corrected chi connectivity index (χ1v) is 5.74. The first kappa shape index (κ1) is 11.9. The van der Waals surface area contributed by atoms with E-state index in [1.807, 2.05) is 13.0 Å². The summed E-state index contributed by atoms with van der Waals surface area (Å²) in [5, 5.41) is 0.537. The summed E-state index contributed by atoms with van der Waals surface area (Å²) >= 11 is 3.40. The second-order valence-corrected chi connectivity index (χ2v) is 4.45. The van der Waals surface area contributed by atoms with Crippen molar-refractivity contribution in [3.63, 3.8) is 0 Å². The fourth-order valence-corrected chi connectivity index (χ4v) is 2.05. The number of H-pyrrole nitrogens is 1. The lowest BCUT2D eigenvalue weighted by Gasteiger charge is -2.06. The van der Waals surface area contributed by atoms with Gasteiger partial charge in [0, 0.05) is 15.9 Å². The number of halogens is 1. The molecule has 0 spiro atoms. The summed E-state index contributed by atoms with van der Waals surface area (Å²) in [5.41, 5.74) is 1.53. The molecule has 1 aromatic carbocycles. The monoisotopic (exact) mass is 295 g/mol. The van der Waals surface area contributed by atoms with Crippen molar-refractivity contribution in [2.45, 2.75) is 6.92 Å². The number of rotatable bonds is 1. The molecule has 2 aromatic rings. The van der Waals surface area contributed by atoms with Gasteiger partial charge in [0.25, 0.3) is 0 Å². The summed E-state index contributed by atoms with van der Waals surface area (Å²) in [6, 6.07) is 4.82. The number of nitrogens with one attached hydrogen (secondary N) is 1. The van der Waals surface area contributed by atoms with Gasteiger partial charge in [0.15, 0.2) is 5.43 Å². The maximum absolute atomic E-state index is 11.8. The Labute approximate surface area is 106 Å². The largest absolute Gasteiger partial charge is 0.464 e. The van der Waals surface area contributed by atoms with Crippen LogP contribution in [0.25, 0.3) is 10.9 Å². The molecule has 1 heterocycles. The van der Waals surface area contributed by atoms with E-state index >= 15 is 0 Å². The lowest BCUT2D eigenvalue weighted by molar-refractivity contribution is 0.0594. The highest BCUT2D eigenvalue weighted by molar-refractivity contribution is 9.10. The van der Waals surface area contributed by atoms with Gasteiger partial charge >= 0.3 is 5.97 Å². The lowest BCUT2D eigenvalue weighted by atomic mass is 10.1. The van der Waals surface area contributed by atoms with Crippen molar-refractivity contribution in [1.82, 2.24) is 4.98 Å². The van der Waals surface area contributed by atoms with Crippen LogP contribution in [0.4, 0.5) is 0 Å². The Morgan fingerprint density at radius 2 is 2.12 bits per heavy atom. The Balaban J connectivity index is 2.84. The molecule has 0 aliphatic carbocycles. The molecule has 0 radical (unpaired) electrons. The van der Waals surface area contributed by atoms with Crippen LogP contribution in [-0.2, 0) is 4.74 Å². The van der Waals surface area contributed by atoms with Crippen molar-refractivity contribution in [3.05, 3.63) is 44.2 Å². The SMILES string of the molecule is COC(=O)c1cc(=O)c2ccc(C)c(Br)c2[nH]1. The number of aromatic nitrogens is 1. The molecule has 0 atom stereocenters. The number of benzene rings is 1. The van der Waals surface area contributed by atoms with Crippen molar-refractivity contribution in [2.75, 3.05) is 7.11 Å². The molecule has 0 aliphatic heterocycles. The third-order valence-corrected chi connectivity index (χ3v) is 3.56. The Morgan fingerprint density at radius 1 is 1.41 bits per heavy atom. The third-order valence-electron chi connectivity index (χ3n) is 2.54. The number of aryl methyl sites for hydroxylation is 1. The zero-order valence-corrected chi connectivity index (χ0v) is 10.9. The van der Waals surface area contributed by atoms with E-state index < -0.39 is 5.97 Å². The fourth-order valence-electron chi connectivity index (χ4n) is 1.61. The molecule has 0 saturated carbocycles. The van der Waals surface area contributed by atoms with Crippen LogP contribution in [0.2, 0.25) is 0 Å². The van der Waals surface area contributed by atoms with E-state index in [1.165, 1.54) is 13.2 Å². The van der Waals surface area contributed by atoms with Crippen LogP contribution in [-0.4, -0.2) is 18.1 Å². The van der Waals surface area contributed by atoms with Crippen LogP contribution in [0.1, 0.15) is 16.1 Å². The lowest BCUT2D eigenvalue weighted by Crippen LogP contribution is -2.11. The van der Waals surface area contributed by atoms with Crippen molar-refractivity contribution in [3.8, 4) is 0 Å². The van der Waals surface area contributed by atoms with E-state index in [0.29, 0.717) is 10.9 Å². The number of fused-ring (bicyclic) bond motifs is 1. The summed E-state index contributed by atoms with van der Waals surface area (Å²) in [6.07, 6.45) is 0. The second-order valence-electron chi connectivity index (χ2n) is 3.66. The predicted molar refractivity (Wildman–Crippen MR) is 68.3 cm³/mol. The average Bonchev–Trinajstić information content (AvgIpc) is 2.33. The number of aromatic amines is 1. The maximum Gasteiger partial charge on any atom is 0.354 e. The molecule has 0 fully saturated rings. The highest BCUT2D eigenvalue weighted by atomic mass is 79.9. The Hall–Kier alpha value is -1.62. The molecule has 0 unspecified atom stereocenters. The predicted octanol–water partition coefficient (Wildman–Crippen LogP) is 2.39. The van der Waals surface area contributed by atoms with Crippen LogP contribution in [0, 0.1) is 6.92 Å². The molecule has 0 aliphatic rings. The topological polar surface area (TPSA) is 59.2 Å². The van der Waals surface area contributed by atoms with Crippen LogP contribution >= 0.6 is 15.9 Å². The quantitative estimate of drug-likeness (QED) is 0.822. The highest BCUT2D eigenvalue weighted by Crippen LogP contribution is 2.24. The van der Waals surface area contributed by atoms with Gasteiger partial charge < -0.3 is 9.72 Å². The number of hydrogen-bond donors (Lipinski definition) is 1. The van der Waals surface area contributed by atoms with Crippen LogP contribution in [0.15, 0.2) is 27.5 Å². The Morgan fingerprint density at radius 3 is 2.76 bits per heavy atom. The van der Waals surface area contributed by atoms with Gasteiger partial charge in [-0.1, -0.05) is 6.07 Å². The number of pyridine rings is 1. The summed E-state index contributed by atoms with van der Waals surface area (Å²) in [7, 11) is 1.27. The van der Waals surface area contributed by atoms with Crippen LogP contribution < -0.4 is 5.43 Å². The molecular weight excluding hydrogens is 286 g/mol. The summed E-state index contributed by atoms with van der Waals surface area (Å²) in [4.78, 5) is 26.1. The van der Waals surface area contributed by atoms with Gasteiger partial charge in [-0.25, -0.2) is 4.79 Å². The first-order valence-electron chi connectivity index (χ1n) is 4.95. The molecule has 2 rings (SSSR count). The zero-order valence-electron chi connectivity index (χ0n) is 9.33. The number of methoxy groups -OCH3 is 1. The maximum atomic E-state index is 11.8. The van der Waals surface area contributed by atoms with E-state index in [0.717, 1.165) is 10.0 Å². The summed E-state index contributed by atoms with van der Waals surface area (Å²) < 4.78 is 5.36. The Bertz CT molecular complexity index is 661. The van der Waals surface area contributed by atoms with E-state index in [-0.39, 0.29) is 11.1 Å². The van der Waals surface area contributed by atoms with Crippen molar-refractivity contribution < 1.29 is 9.53 Å². The average molecular weight is 296 g/mol. The molecule has 4 nitrogen and oxygen atoms in total. The number of carbonyl (C=O) groups excluding carboxylic acids is 1. The third kappa shape index (κ3) is 1.98. The van der Waals surface area contributed by atoms with Crippen LogP contribution in [0.5, 0.6) is 0 Å². The molecule has 1 aromatic heterocycles. The minimum Gasteiger partial charge on any atom is -0.464 e. The number of hydrogen-bond acceptors (Lipinski definition) is 3. The van der Waals surface area contributed by atoms with Crippen LogP contribution in [0.3, 0.4) is 0 Å². The van der Waals surface area contributed by atoms with Crippen molar-refractivity contribution in [2.24, 2.45) is 0 Å². The van der Waals surface area contributed by atoms with Crippen molar-refractivity contribution in [1.29, 1.82) is 0 Å². The number of esters is 1. The zero-order chi connectivity index (χ0) is 12.6. The van der Waals surface area contributed by atoms with Gasteiger partial charge in [0.1, 0.15) is 5.69 Å². The molecule has 0 bridgehead atoms. The summed E-state index contributed by atoms with van der Waals surface area (Å²) in [5.74, 6) is -0.558. The first-order chi connectivity index (χ1) is 8.04. The molecule has 0 amide bonds. The van der Waals surface area contributed by atoms with Gasteiger partial charge in [-0.15, -0.1) is 0 Å². The molecule has 0 saturated heterocycles. The number of ether oxygens (including phenoxy) is 1. The highest BCUT2D eigenvalue weighted by Gasteiger charge is 2.11. The van der Waals surface area contributed by atoms with E-state index in [1.54, 1.807) is 6.07 Å². The van der Waals surface area contributed by atoms with E-state index in [4.69, 9.17) is 0 Å².